The van der Waals surface area contributed by atoms with Gasteiger partial charge in [-0.25, -0.2) is 5.84 Å². The van der Waals surface area contributed by atoms with Gasteiger partial charge in [-0.3, -0.25) is 4.99 Å². The van der Waals surface area contributed by atoms with Crippen molar-refractivity contribution in [3.63, 3.8) is 0 Å². The number of aliphatic imine (C=N–C) groups is 1. The van der Waals surface area contributed by atoms with Crippen LogP contribution >= 0.6 is 0 Å². The Morgan fingerprint density at radius 3 is 2.47 bits per heavy atom. The van der Waals surface area contributed by atoms with Gasteiger partial charge in [0.2, 0.25) is 0 Å². The molecule has 0 aromatic rings. The van der Waals surface area contributed by atoms with Crippen LogP contribution in [0.15, 0.2) is 4.99 Å². The minimum Gasteiger partial charge on any atom is -0.312 e. The molecule has 0 atom stereocenters. The Hall–Kier alpha value is -0.570. The number of nitrogens with two attached hydrogens (primary N) is 1. The second-order valence-corrected chi connectivity index (χ2v) is 4.47. The molecule has 0 bridgehead atoms. The molecule has 0 heterocycles. The summed E-state index contributed by atoms with van der Waals surface area (Å²) in [6.07, 6.45) is 11.3. The molecule has 0 aliphatic heterocycles. The van der Waals surface area contributed by atoms with Gasteiger partial charge in [0, 0.05) is 6.42 Å². The first-order chi connectivity index (χ1) is 7.36. The van der Waals surface area contributed by atoms with Crippen molar-refractivity contribution in [1.82, 2.24) is 5.43 Å². The Morgan fingerprint density at radius 1 is 1.27 bits per heavy atom. The van der Waals surface area contributed by atoms with E-state index in [2.05, 4.69) is 12.3 Å². The van der Waals surface area contributed by atoms with Crippen LogP contribution in [0.2, 0.25) is 0 Å². The first-order valence-corrected chi connectivity index (χ1v) is 6.40. The summed E-state index contributed by atoms with van der Waals surface area (Å²) >= 11 is 0. The number of hydrogen-bond acceptors (Lipinski definition) is 2. The van der Waals surface area contributed by atoms with E-state index in [0.29, 0.717) is 6.04 Å². The molecule has 0 aromatic heterocycles. The molecule has 15 heavy (non-hydrogen) atoms. The Morgan fingerprint density at radius 2 is 1.93 bits per heavy atom. The highest BCUT2D eigenvalue weighted by molar-refractivity contribution is 5.81. The average Bonchev–Trinajstić information content (AvgIpc) is 2.52. The van der Waals surface area contributed by atoms with Crippen LogP contribution in [0.1, 0.15) is 64.7 Å². The number of hydrazine groups is 1. The standard InChI is InChI=1S/C12H25N3/c1-2-3-10-12(15-13)14-11-8-6-4-5-7-9-11/h11H,2-10,13H2,1H3,(H,14,15). The summed E-state index contributed by atoms with van der Waals surface area (Å²) in [5, 5.41) is 0. The molecule has 1 fully saturated rings. The first kappa shape index (κ1) is 12.5. The molecule has 88 valence electrons. The first-order valence-electron chi connectivity index (χ1n) is 6.40. The third-order valence-corrected chi connectivity index (χ3v) is 3.10. The van der Waals surface area contributed by atoms with Gasteiger partial charge in [-0.1, -0.05) is 39.0 Å². The second-order valence-electron chi connectivity index (χ2n) is 4.47. The highest BCUT2D eigenvalue weighted by Crippen LogP contribution is 2.20. The molecule has 0 amide bonds. The molecule has 3 N–H and O–H groups in total. The number of nitrogens with zero attached hydrogens (tertiary/aromatic N) is 1. The van der Waals surface area contributed by atoms with E-state index in [4.69, 9.17) is 10.8 Å². The average molecular weight is 211 g/mol. The van der Waals surface area contributed by atoms with E-state index >= 15 is 0 Å². The molecule has 0 saturated heterocycles. The van der Waals surface area contributed by atoms with Crippen molar-refractivity contribution in [2.45, 2.75) is 70.8 Å². The molecule has 0 unspecified atom stereocenters. The summed E-state index contributed by atoms with van der Waals surface area (Å²) < 4.78 is 0. The Bertz CT molecular complexity index is 181. The molecule has 1 rings (SSSR count). The minimum atomic E-state index is 0.524. The van der Waals surface area contributed by atoms with E-state index in [1.54, 1.807) is 0 Å². The summed E-state index contributed by atoms with van der Waals surface area (Å²) in [4.78, 5) is 4.73. The zero-order valence-corrected chi connectivity index (χ0v) is 9.97. The zero-order chi connectivity index (χ0) is 10.9. The molecule has 0 aromatic carbocycles. The number of rotatable bonds is 4. The van der Waals surface area contributed by atoms with Gasteiger partial charge >= 0.3 is 0 Å². The van der Waals surface area contributed by atoms with Crippen LogP contribution in [0, 0.1) is 0 Å². The lowest BCUT2D eigenvalue weighted by Crippen LogP contribution is -2.31. The number of nitrogens with one attached hydrogen (secondary N) is 1. The molecular weight excluding hydrogens is 186 g/mol. The highest BCUT2D eigenvalue weighted by atomic mass is 15.3. The normalized spacial score (nSPS) is 20.0. The van der Waals surface area contributed by atoms with E-state index < -0.39 is 0 Å². The van der Waals surface area contributed by atoms with Crippen LogP contribution in [-0.2, 0) is 0 Å². The predicted octanol–water partition coefficient (Wildman–Crippen LogP) is 2.76. The SMILES string of the molecule is CCCCC(=NC1CCCCCC1)NN. The van der Waals surface area contributed by atoms with E-state index in [0.717, 1.165) is 12.3 Å². The number of hydrogen-bond donors (Lipinski definition) is 2. The van der Waals surface area contributed by atoms with E-state index in [9.17, 15) is 0 Å². The number of unbranched alkanes of at least 4 members (excludes halogenated alkanes) is 1. The van der Waals surface area contributed by atoms with Gasteiger partial charge in [0.15, 0.2) is 0 Å². The molecule has 1 saturated carbocycles. The Kier molecular flexibility index (Phi) is 6.41. The van der Waals surface area contributed by atoms with Crippen LogP contribution in [0.5, 0.6) is 0 Å². The maximum absolute atomic E-state index is 5.49. The van der Waals surface area contributed by atoms with Crippen LogP contribution in [0.4, 0.5) is 0 Å². The molecule has 1 aliphatic carbocycles. The predicted molar refractivity (Wildman–Crippen MR) is 65.8 cm³/mol. The maximum Gasteiger partial charge on any atom is 0.111 e. The molecule has 3 heteroatoms. The summed E-state index contributed by atoms with van der Waals surface area (Å²) in [5.74, 6) is 6.49. The van der Waals surface area contributed by atoms with E-state index in [1.165, 1.54) is 51.4 Å². The third-order valence-electron chi connectivity index (χ3n) is 3.10. The summed E-state index contributed by atoms with van der Waals surface area (Å²) in [5.41, 5.74) is 2.75. The fourth-order valence-electron chi connectivity index (χ4n) is 2.13. The second kappa shape index (κ2) is 7.69. The summed E-state index contributed by atoms with van der Waals surface area (Å²) in [7, 11) is 0. The van der Waals surface area contributed by atoms with Crippen molar-refractivity contribution >= 4 is 5.84 Å². The maximum atomic E-state index is 5.49. The third kappa shape index (κ3) is 5.17. The summed E-state index contributed by atoms with van der Waals surface area (Å²) in [6, 6.07) is 0.524. The van der Waals surface area contributed by atoms with Crippen molar-refractivity contribution in [3.8, 4) is 0 Å². The van der Waals surface area contributed by atoms with Gasteiger partial charge in [0.25, 0.3) is 0 Å². The van der Waals surface area contributed by atoms with Gasteiger partial charge in [-0.15, -0.1) is 0 Å². The van der Waals surface area contributed by atoms with Crippen molar-refractivity contribution < 1.29 is 0 Å². The molecule has 3 nitrogen and oxygen atoms in total. The molecule has 0 radical (unpaired) electrons. The van der Waals surface area contributed by atoms with Crippen LogP contribution < -0.4 is 11.3 Å². The topological polar surface area (TPSA) is 50.4 Å². The van der Waals surface area contributed by atoms with E-state index in [-0.39, 0.29) is 0 Å². The van der Waals surface area contributed by atoms with Gasteiger partial charge in [0.1, 0.15) is 5.84 Å². The minimum absolute atomic E-state index is 0.524. The van der Waals surface area contributed by atoms with Gasteiger partial charge in [-0.05, 0) is 19.3 Å². The quantitative estimate of drug-likeness (QED) is 0.247. The lowest BCUT2D eigenvalue weighted by Gasteiger charge is -2.12. The van der Waals surface area contributed by atoms with Crippen molar-refractivity contribution in [2.75, 3.05) is 0 Å². The fourth-order valence-corrected chi connectivity index (χ4v) is 2.13. The Labute approximate surface area is 93.5 Å². The number of amidine groups is 1. The van der Waals surface area contributed by atoms with Crippen molar-refractivity contribution in [1.29, 1.82) is 0 Å². The molecular formula is C12H25N3. The largest absolute Gasteiger partial charge is 0.312 e. The summed E-state index contributed by atoms with van der Waals surface area (Å²) in [6.45, 7) is 2.19. The molecule has 1 aliphatic rings. The highest BCUT2D eigenvalue weighted by Gasteiger charge is 2.11. The monoisotopic (exact) mass is 211 g/mol. The smallest absolute Gasteiger partial charge is 0.111 e. The van der Waals surface area contributed by atoms with Gasteiger partial charge in [0.05, 0.1) is 6.04 Å². The lowest BCUT2D eigenvalue weighted by molar-refractivity contribution is 0.579. The van der Waals surface area contributed by atoms with Crippen LogP contribution in [0.3, 0.4) is 0 Å². The van der Waals surface area contributed by atoms with Gasteiger partial charge in [-0.2, -0.15) is 0 Å². The van der Waals surface area contributed by atoms with Gasteiger partial charge < -0.3 is 5.43 Å². The van der Waals surface area contributed by atoms with Crippen LogP contribution in [0.25, 0.3) is 0 Å². The molecule has 0 spiro atoms. The van der Waals surface area contributed by atoms with Crippen LogP contribution in [-0.4, -0.2) is 11.9 Å². The van der Waals surface area contributed by atoms with Crippen molar-refractivity contribution in [2.24, 2.45) is 10.8 Å². The Balaban J connectivity index is 2.40. The van der Waals surface area contributed by atoms with Crippen molar-refractivity contribution in [3.05, 3.63) is 0 Å². The van der Waals surface area contributed by atoms with E-state index in [1.807, 2.05) is 0 Å². The fraction of sp³-hybridized carbons (Fsp3) is 0.917. The lowest BCUT2D eigenvalue weighted by atomic mass is 10.1. The zero-order valence-electron chi connectivity index (χ0n) is 9.97.